The summed E-state index contributed by atoms with van der Waals surface area (Å²) in [6, 6.07) is 7.02. The molecule has 0 spiro atoms. The number of nitrogens with one attached hydrogen (secondary N) is 2. The number of rotatable bonds is 3. The van der Waals surface area contributed by atoms with Crippen molar-refractivity contribution >= 4 is 27.9 Å². The number of benzene rings is 1. The summed E-state index contributed by atoms with van der Waals surface area (Å²) in [6.45, 7) is 5.32. The number of amides is 3. The van der Waals surface area contributed by atoms with Gasteiger partial charge in [-0.05, 0) is 23.6 Å². The minimum atomic E-state index is -0.387. The number of hydrogen-bond acceptors (Lipinski definition) is 2. The second kappa shape index (κ2) is 5.76. The van der Waals surface area contributed by atoms with Crippen molar-refractivity contribution in [3.05, 3.63) is 45.6 Å². The van der Waals surface area contributed by atoms with Crippen molar-refractivity contribution in [3.8, 4) is 0 Å². The Morgan fingerprint density at radius 3 is 2.59 bits per heavy atom. The highest BCUT2D eigenvalue weighted by Crippen LogP contribution is 2.33. The molecule has 2 heterocycles. The molecular formula is C16H18BrN3O2. The molecule has 3 amide bonds. The molecule has 116 valence electrons. The molecule has 2 aliphatic heterocycles. The Balaban J connectivity index is 1.94. The first-order valence-electron chi connectivity index (χ1n) is 7.31. The highest BCUT2D eigenvalue weighted by atomic mass is 79.9. The molecule has 0 radical (unpaired) electrons. The summed E-state index contributed by atoms with van der Waals surface area (Å²) in [5, 5.41) is 5.64. The van der Waals surface area contributed by atoms with Gasteiger partial charge < -0.3 is 15.5 Å². The lowest BCUT2D eigenvalue weighted by Gasteiger charge is -2.25. The van der Waals surface area contributed by atoms with E-state index in [0.29, 0.717) is 24.6 Å². The van der Waals surface area contributed by atoms with E-state index < -0.39 is 0 Å². The molecule has 0 fully saturated rings. The summed E-state index contributed by atoms with van der Waals surface area (Å²) in [7, 11) is 0. The average molecular weight is 364 g/mol. The topological polar surface area (TPSA) is 61.4 Å². The van der Waals surface area contributed by atoms with Crippen molar-refractivity contribution < 1.29 is 9.59 Å². The van der Waals surface area contributed by atoms with Crippen LogP contribution in [-0.2, 0) is 4.79 Å². The number of carbonyl (C=O) groups is 2. The molecule has 2 N–H and O–H groups in total. The molecule has 1 aromatic rings. The van der Waals surface area contributed by atoms with Crippen LogP contribution in [0.4, 0.5) is 4.79 Å². The number of halogens is 1. The molecule has 3 rings (SSSR count). The highest BCUT2D eigenvalue weighted by molar-refractivity contribution is 9.10. The number of urea groups is 1. The standard InChI is InChI=1S/C16H18BrN3O2/c1-9(2)7-20-8-12-13(15(20)21)14(19-16(22)18-12)10-3-5-11(17)6-4-10/h3-6,9,14H,7-8H2,1-2H3,(H2,18,19,22)/t14-/m0/s1. The summed E-state index contributed by atoms with van der Waals surface area (Å²) >= 11 is 3.40. The third-order valence-electron chi connectivity index (χ3n) is 3.81. The molecular weight excluding hydrogens is 346 g/mol. The van der Waals surface area contributed by atoms with Crippen LogP contribution in [0.15, 0.2) is 40.0 Å². The summed E-state index contributed by atoms with van der Waals surface area (Å²) in [5.74, 6) is 0.393. The van der Waals surface area contributed by atoms with Gasteiger partial charge in [-0.2, -0.15) is 0 Å². The van der Waals surface area contributed by atoms with Gasteiger partial charge in [-0.1, -0.05) is 41.9 Å². The summed E-state index contributed by atoms with van der Waals surface area (Å²) in [5.41, 5.74) is 2.29. The van der Waals surface area contributed by atoms with Gasteiger partial charge in [0.15, 0.2) is 0 Å². The predicted octanol–water partition coefficient (Wildman–Crippen LogP) is 2.56. The molecule has 0 bridgehead atoms. The second-order valence-electron chi connectivity index (χ2n) is 6.05. The highest BCUT2D eigenvalue weighted by Gasteiger charge is 2.40. The van der Waals surface area contributed by atoms with Crippen LogP contribution in [0, 0.1) is 5.92 Å². The predicted molar refractivity (Wildman–Crippen MR) is 87.0 cm³/mol. The Morgan fingerprint density at radius 1 is 1.27 bits per heavy atom. The number of hydrogen-bond donors (Lipinski definition) is 2. The van der Waals surface area contributed by atoms with E-state index in [9.17, 15) is 9.59 Å². The van der Waals surface area contributed by atoms with Gasteiger partial charge in [-0.25, -0.2) is 4.79 Å². The van der Waals surface area contributed by atoms with Crippen LogP contribution in [0.3, 0.4) is 0 Å². The SMILES string of the molecule is CC(C)CN1CC2=C(C1=O)[C@H](c1ccc(Br)cc1)NC(=O)N2. The van der Waals surface area contributed by atoms with E-state index in [1.807, 2.05) is 24.3 Å². The molecule has 0 unspecified atom stereocenters. The molecule has 0 saturated carbocycles. The van der Waals surface area contributed by atoms with Crippen molar-refractivity contribution in [2.24, 2.45) is 5.92 Å². The molecule has 22 heavy (non-hydrogen) atoms. The van der Waals surface area contributed by atoms with Gasteiger partial charge in [0.1, 0.15) is 0 Å². The fourth-order valence-electron chi connectivity index (χ4n) is 2.92. The zero-order valence-electron chi connectivity index (χ0n) is 12.5. The Morgan fingerprint density at radius 2 is 1.95 bits per heavy atom. The van der Waals surface area contributed by atoms with Gasteiger partial charge >= 0.3 is 6.03 Å². The van der Waals surface area contributed by atoms with Gasteiger partial charge in [0.05, 0.1) is 23.9 Å². The second-order valence-corrected chi connectivity index (χ2v) is 6.97. The third kappa shape index (κ3) is 2.75. The van der Waals surface area contributed by atoms with Crippen molar-refractivity contribution in [2.75, 3.05) is 13.1 Å². The van der Waals surface area contributed by atoms with E-state index >= 15 is 0 Å². The molecule has 1 aromatic carbocycles. The first-order valence-corrected chi connectivity index (χ1v) is 8.10. The van der Waals surface area contributed by atoms with Crippen molar-refractivity contribution in [1.82, 2.24) is 15.5 Å². The lowest BCUT2D eigenvalue weighted by atomic mass is 9.96. The van der Waals surface area contributed by atoms with Crippen LogP contribution in [0.1, 0.15) is 25.5 Å². The van der Waals surface area contributed by atoms with Crippen molar-refractivity contribution in [3.63, 3.8) is 0 Å². The molecule has 6 heteroatoms. The van der Waals surface area contributed by atoms with Gasteiger partial charge in [0, 0.05) is 11.0 Å². The smallest absolute Gasteiger partial charge is 0.319 e. The normalized spacial score (nSPS) is 21.1. The molecule has 0 aliphatic carbocycles. The lowest BCUT2D eigenvalue weighted by Crippen LogP contribution is -2.44. The molecule has 1 atom stereocenters. The van der Waals surface area contributed by atoms with E-state index in [1.54, 1.807) is 4.90 Å². The van der Waals surface area contributed by atoms with Gasteiger partial charge in [0.2, 0.25) is 0 Å². The minimum absolute atomic E-state index is 0.00381. The maximum Gasteiger partial charge on any atom is 0.319 e. The quantitative estimate of drug-likeness (QED) is 0.866. The fourth-order valence-corrected chi connectivity index (χ4v) is 3.19. The van der Waals surface area contributed by atoms with E-state index in [4.69, 9.17) is 0 Å². The van der Waals surface area contributed by atoms with Crippen LogP contribution in [0.25, 0.3) is 0 Å². The van der Waals surface area contributed by atoms with Gasteiger partial charge in [-0.15, -0.1) is 0 Å². The summed E-state index contributed by atoms with van der Waals surface area (Å²) < 4.78 is 0.963. The zero-order chi connectivity index (χ0) is 15.9. The van der Waals surface area contributed by atoms with Crippen LogP contribution < -0.4 is 10.6 Å². The average Bonchev–Trinajstić information content (AvgIpc) is 2.74. The van der Waals surface area contributed by atoms with Crippen LogP contribution in [0.2, 0.25) is 0 Å². The van der Waals surface area contributed by atoms with Crippen LogP contribution in [-0.4, -0.2) is 29.9 Å². The maximum atomic E-state index is 12.7. The lowest BCUT2D eigenvalue weighted by molar-refractivity contribution is -0.126. The first kappa shape index (κ1) is 15.1. The monoisotopic (exact) mass is 363 g/mol. The summed E-state index contributed by atoms with van der Waals surface area (Å²) in [4.78, 5) is 26.4. The number of carbonyl (C=O) groups excluding carboxylic acids is 2. The fraction of sp³-hybridized carbons (Fsp3) is 0.375. The maximum absolute atomic E-state index is 12.7. The third-order valence-corrected chi connectivity index (χ3v) is 4.34. The summed E-state index contributed by atoms with van der Waals surface area (Å²) in [6.07, 6.45) is 0. The van der Waals surface area contributed by atoms with E-state index in [1.165, 1.54) is 0 Å². The van der Waals surface area contributed by atoms with Gasteiger partial charge in [-0.3, -0.25) is 4.79 Å². The van der Waals surface area contributed by atoms with E-state index in [2.05, 4.69) is 40.4 Å². The molecule has 5 nitrogen and oxygen atoms in total. The molecule has 2 aliphatic rings. The molecule has 0 saturated heterocycles. The van der Waals surface area contributed by atoms with Crippen molar-refractivity contribution in [2.45, 2.75) is 19.9 Å². The Hall–Kier alpha value is -1.82. The van der Waals surface area contributed by atoms with E-state index in [-0.39, 0.29) is 18.0 Å². The largest absolute Gasteiger partial charge is 0.333 e. The zero-order valence-corrected chi connectivity index (χ0v) is 14.1. The van der Waals surface area contributed by atoms with Crippen LogP contribution in [0.5, 0.6) is 0 Å². The number of nitrogens with zero attached hydrogens (tertiary/aromatic N) is 1. The molecule has 0 aromatic heterocycles. The van der Waals surface area contributed by atoms with Gasteiger partial charge in [0.25, 0.3) is 5.91 Å². The Kier molecular flexibility index (Phi) is 3.95. The van der Waals surface area contributed by atoms with Crippen LogP contribution >= 0.6 is 15.9 Å². The van der Waals surface area contributed by atoms with E-state index in [0.717, 1.165) is 15.7 Å². The Bertz CT molecular complexity index is 652. The van der Waals surface area contributed by atoms with Crippen molar-refractivity contribution in [1.29, 1.82) is 0 Å². The first-order chi connectivity index (χ1) is 10.5. The minimum Gasteiger partial charge on any atom is -0.333 e. The Labute approximate surface area is 137 Å².